The molecule has 2 heterocycles. The van der Waals surface area contributed by atoms with E-state index >= 15 is 0 Å². The maximum atomic E-state index is 13.1. The summed E-state index contributed by atoms with van der Waals surface area (Å²) in [6.07, 6.45) is 4.31. The molecule has 1 aliphatic carbocycles. The first-order valence-electron chi connectivity index (χ1n) is 10.2. The Morgan fingerprint density at radius 2 is 1.61 bits per heavy atom. The molecule has 3 aliphatic rings. The maximum absolute atomic E-state index is 13.1. The Hall–Kier alpha value is -1.48. The zero-order chi connectivity index (χ0) is 19.6. The minimum Gasteiger partial charge on any atom is -0.379 e. The van der Waals surface area contributed by atoms with Crippen molar-refractivity contribution in [1.82, 2.24) is 14.1 Å². The van der Waals surface area contributed by atoms with Gasteiger partial charge in [0.05, 0.1) is 24.7 Å². The van der Waals surface area contributed by atoms with Gasteiger partial charge < -0.3 is 9.64 Å². The molecule has 4 rings (SSSR count). The number of nitrogens with zero attached hydrogens (tertiary/aromatic N) is 3. The number of fused-ring (bicyclic) bond motifs is 1. The molecule has 0 bridgehead atoms. The topological polar surface area (TPSA) is 70.2 Å². The van der Waals surface area contributed by atoms with Crippen LogP contribution >= 0.6 is 0 Å². The van der Waals surface area contributed by atoms with Gasteiger partial charge in [0.25, 0.3) is 0 Å². The maximum Gasteiger partial charge on any atom is 0.243 e. The second-order valence-electron chi connectivity index (χ2n) is 7.81. The van der Waals surface area contributed by atoms with Crippen molar-refractivity contribution in [1.29, 1.82) is 0 Å². The molecular weight excluding hydrogens is 378 g/mol. The number of sulfonamides is 1. The van der Waals surface area contributed by atoms with Gasteiger partial charge in [0.15, 0.2) is 0 Å². The lowest BCUT2D eigenvalue weighted by molar-refractivity contribution is -0.134. The molecule has 0 spiro atoms. The Kier molecular flexibility index (Phi) is 6.01. The van der Waals surface area contributed by atoms with Crippen molar-refractivity contribution in [2.45, 2.75) is 30.6 Å². The van der Waals surface area contributed by atoms with Gasteiger partial charge in [-0.15, -0.1) is 0 Å². The molecule has 1 aromatic rings. The summed E-state index contributed by atoms with van der Waals surface area (Å²) < 4.78 is 33.0. The van der Waals surface area contributed by atoms with Crippen molar-refractivity contribution < 1.29 is 17.9 Å². The van der Waals surface area contributed by atoms with Crippen LogP contribution in [0.15, 0.2) is 23.1 Å². The van der Waals surface area contributed by atoms with Crippen LogP contribution in [-0.2, 0) is 32.4 Å². The standard InChI is InChI=1S/C20H29N3O4S/c24-20(16-21-11-13-27-14-12-21)22-7-9-23(10-8-22)28(25,26)19-6-5-17-3-1-2-4-18(17)15-19/h5-6,15H,1-4,7-14,16H2. The van der Waals surface area contributed by atoms with E-state index < -0.39 is 10.0 Å². The second-order valence-corrected chi connectivity index (χ2v) is 9.75. The summed E-state index contributed by atoms with van der Waals surface area (Å²) in [5, 5.41) is 0. The van der Waals surface area contributed by atoms with E-state index in [2.05, 4.69) is 4.90 Å². The van der Waals surface area contributed by atoms with Crippen LogP contribution in [0, 0.1) is 0 Å². The average Bonchev–Trinajstić information content (AvgIpc) is 2.74. The monoisotopic (exact) mass is 407 g/mol. The van der Waals surface area contributed by atoms with Crippen molar-refractivity contribution >= 4 is 15.9 Å². The molecule has 8 heteroatoms. The van der Waals surface area contributed by atoms with Gasteiger partial charge in [-0.1, -0.05) is 6.07 Å². The van der Waals surface area contributed by atoms with Gasteiger partial charge in [-0.25, -0.2) is 8.42 Å². The van der Waals surface area contributed by atoms with Gasteiger partial charge >= 0.3 is 0 Å². The SMILES string of the molecule is O=C(CN1CCOCC1)N1CCN(S(=O)(=O)c2ccc3c(c2)CCCC3)CC1. The minimum atomic E-state index is -3.50. The highest BCUT2D eigenvalue weighted by molar-refractivity contribution is 7.89. The first-order chi connectivity index (χ1) is 13.5. The third-order valence-electron chi connectivity index (χ3n) is 6.01. The molecular formula is C20H29N3O4S. The molecule has 1 amide bonds. The quantitative estimate of drug-likeness (QED) is 0.736. The number of piperazine rings is 1. The van der Waals surface area contributed by atoms with Crippen LogP contribution in [0.1, 0.15) is 24.0 Å². The third kappa shape index (κ3) is 4.25. The summed E-state index contributed by atoms with van der Waals surface area (Å²) in [5.41, 5.74) is 2.45. The number of carbonyl (C=O) groups excluding carboxylic acids is 1. The molecule has 2 saturated heterocycles. The summed E-state index contributed by atoms with van der Waals surface area (Å²) in [6.45, 7) is 4.89. The molecule has 1 aromatic carbocycles. The molecule has 0 N–H and O–H groups in total. The van der Waals surface area contributed by atoms with Gasteiger partial charge in [0.2, 0.25) is 15.9 Å². The van der Waals surface area contributed by atoms with Crippen LogP contribution in [0.5, 0.6) is 0 Å². The van der Waals surface area contributed by atoms with E-state index in [9.17, 15) is 13.2 Å². The summed E-state index contributed by atoms with van der Waals surface area (Å²) >= 11 is 0. The highest BCUT2D eigenvalue weighted by Gasteiger charge is 2.31. The fourth-order valence-corrected chi connectivity index (χ4v) is 5.72. The van der Waals surface area contributed by atoms with Crippen LogP contribution < -0.4 is 0 Å². The van der Waals surface area contributed by atoms with Gasteiger partial charge in [-0.05, 0) is 48.9 Å². The van der Waals surface area contributed by atoms with Crippen LogP contribution in [0.4, 0.5) is 0 Å². The Morgan fingerprint density at radius 1 is 0.929 bits per heavy atom. The van der Waals surface area contributed by atoms with E-state index in [0.29, 0.717) is 50.8 Å². The van der Waals surface area contributed by atoms with Crippen molar-refractivity contribution in [2.24, 2.45) is 0 Å². The Morgan fingerprint density at radius 3 is 2.32 bits per heavy atom. The lowest BCUT2D eigenvalue weighted by Crippen LogP contribution is -2.53. The summed E-state index contributed by atoms with van der Waals surface area (Å²) in [5.74, 6) is 0.0766. The highest BCUT2D eigenvalue weighted by Crippen LogP contribution is 2.26. The van der Waals surface area contributed by atoms with Crippen molar-refractivity contribution in [3.63, 3.8) is 0 Å². The predicted molar refractivity (Wildman–Crippen MR) is 106 cm³/mol. The molecule has 0 radical (unpaired) electrons. The lowest BCUT2D eigenvalue weighted by Gasteiger charge is -2.35. The van der Waals surface area contributed by atoms with Gasteiger partial charge in [-0.2, -0.15) is 4.31 Å². The summed E-state index contributed by atoms with van der Waals surface area (Å²) in [6, 6.07) is 5.58. The molecule has 2 fully saturated rings. The van der Waals surface area contributed by atoms with Crippen LogP contribution in [0.25, 0.3) is 0 Å². The Labute approximate surface area is 167 Å². The lowest BCUT2D eigenvalue weighted by atomic mass is 9.92. The first kappa shape index (κ1) is 19.8. The number of hydrogen-bond donors (Lipinski definition) is 0. The first-order valence-corrected chi connectivity index (χ1v) is 11.7. The molecule has 28 heavy (non-hydrogen) atoms. The van der Waals surface area contributed by atoms with Crippen LogP contribution in [0.3, 0.4) is 0 Å². The number of rotatable bonds is 4. The molecule has 154 valence electrons. The minimum absolute atomic E-state index is 0.0766. The fourth-order valence-electron chi connectivity index (χ4n) is 4.25. The second kappa shape index (κ2) is 8.49. The third-order valence-corrected chi connectivity index (χ3v) is 7.91. The number of carbonyl (C=O) groups is 1. The van der Waals surface area contributed by atoms with E-state index in [0.717, 1.165) is 32.4 Å². The fraction of sp³-hybridized carbons (Fsp3) is 0.650. The zero-order valence-corrected chi connectivity index (χ0v) is 17.1. The van der Waals surface area contributed by atoms with Crippen LogP contribution in [0.2, 0.25) is 0 Å². The summed E-state index contributed by atoms with van der Waals surface area (Å²) in [7, 11) is -3.50. The summed E-state index contributed by atoms with van der Waals surface area (Å²) in [4.78, 5) is 16.8. The molecule has 7 nitrogen and oxygen atoms in total. The average molecular weight is 408 g/mol. The van der Waals surface area contributed by atoms with Gasteiger partial charge in [0, 0.05) is 39.3 Å². The predicted octanol–water partition coefficient (Wildman–Crippen LogP) is 0.731. The van der Waals surface area contributed by atoms with E-state index in [1.54, 1.807) is 11.0 Å². The molecule has 0 unspecified atom stereocenters. The van der Waals surface area contributed by atoms with Gasteiger partial charge in [-0.3, -0.25) is 9.69 Å². The molecule has 0 atom stereocenters. The van der Waals surface area contributed by atoms with Crippen molar-refractivity contribution in [2.75, 3.05) is 59.0 Å². The number of aryl methyl sites for hydroxylation is 2. The van der Waals surface area contributed by atoms with Crippen molar-refractivity contribution in [3.8, 4) is 0 Å². The van der Waals surface area contributed by atoms with Crippen LogP contribution in [-0.4, -0.2) is 87.5 Å². The number of hydrogen-bond acceptors (Lipinski definition) is 5. The molecule has 2 aliphatic heterocycles. The van der Waals surface area contributed by atoms with E-state index in [-0.39, 0.29) is 5.91 Å². The normalized spacial score (nSPS) is 22.1. The smallest absolute Gasteiger partial charge is 0.243 e. The largest absolute Gasteiger partial charge is 0.379 e. The molecule has 0 aromatic heterocycles. The van der Waals surface area contributed by atoms with Crippen molar-refractivity contribution in [3.05, 3.63) is 29.3 Å². The zero-order valence-electron chi connectivity index (χ0n) is 16.3. The number of benzene rings is 1. The van der Waals surface area contributed by atoms with E-state index in [1.165, 1.54) is 21.9 Å². The van der Waals surface area contributed by atoms with Gasteiger partial charge in [0.1, 0.15) is 0 Å². The number of ether oxygens (including phenoxy) is 1. The van der Waals surface area contributed by atoms with E-state index in [1.807, 2.05) is 12.1 Å². The number of morpholine rings is 1. The Balaban J connectivity index is 1.36. The Bertz CT molecular complexity index is 813. The molecule has 0 saturated carbocycles. The van der Waals surface area contributed by atoms with E-state index in [4.69, 9.17) is 4.74 Å². The number of amides is 1. The highest BCUT2D eigenvalue weighted by atomic mass is 32.2.